The lowest BCUT2D eigenvalue weighted by Crippen LogP contribution is -2.36. The first-order valence-corrected chi connectivity index (χ1v) is 7.69. The number of morpholine rings is 1. The first-order chi connectivity index (χ1) is 10.7. The molecule has 0 aliphatic carbocycles. The molecule has 0 radical (unpaired) electrons. The van der Waals surface area contributed by atoms with Gasteiger partial charge in [0.05, 0.1) is 30.3 Å². The molecule has 3 heterocycles. The van der Waals surface area contributed by atoms with Crippen LogP contribution in [-0.2, 0) is 4.74 Å². The highest BCUT2D eigenvalue weighted by Crippen LogP contribution is 2.15. The number of hydrogen-bond donors (Lipinski definition) is 2. The maximum absolute atomic E-state index is 11.7. The van der Waals surface area contributed by atoms with Crippen LogP contribution in [0.1, 0.15) is 27.7 Å². The largest absolute Gasteiger partial charge is 0.378 e. The summed E-state index contributed by atoms with van der Waals surface area (Å²) >= 11 is 0. The van der Waals surface area contributed by atoms with Crippen molar-refractivity contribution >= 4 is 16.7 Å². The second kappa shape index (κ2) is 8.99. The number of pyridine rings is 1. The van der Waals surface area contributed by atoms with E-state index in [1.54, 1.807) is 6.07 Å². The number of rotatable bonds is 1. The van der Waals surface area contributed by atoms with Gasteiger partial charge in [0.25, 0.3) is 5.56 Å². The van der Waals surface area contributed by atoms with Gasteiger partial charge in [0.15, 0.2) is 0 Å². The summed E-state index contributed by atoms with van der Waals surface area (Å²) in [6.45, 7) is 10.8. The lowest BCUT2D eigenvalue weighted by Gasteiger charge is -2.27. The van der Waals surface area contributed by atoms with Crippen molar-refractivity contribution in [3.63, 3.8) is 0 Å². The van der Waals surface area contributed by atoms with Crippen LogP contribution in [0.4, 0.5) is 5.82 Å². The van der Waals surface area contributed by atoms with Crippen LogP contribution < -0.4 is 16.1 Å². The quantitative estimate of drug-likeness (QED) is 0.833. The van der Waals surface area contributed by atoms with E-state index in [0.717, 1.165) is 18.9 Å². The predicted octanol–water partition coefficient (Wildman–Crippen LogP) is 1.50. The summed E-state index contributed by atoms with van der Waals surface area (Å²) in [6, 6.07) is 1.69. The van der Waals surface area contributed by atoms with Crippen LogP contribution in [0.25, 0.3) is 10.9 Å². The van der Waals surface area contributed by atoms with Gasteiger partial charge in [-0.1, -0.05) is 27.7 Å². The Bertz CT molecular complexity index is 687. The molecule has 1 aliphatic rings. The minimum atomic E-state index is -0.520. The predicted molar refractivity (Wildman–Crippen MR) is 88.7 cm³/mol. The summed E-state index contributed by atoms with van der Waals surface area (Å²) in [7, 11) is 0. The zero-order valence-corrected chi connectivity index (χ0v) is 13.6. The molecule has 122 valence electrons. The van der Waals surface area contributed by atoms with E-state index >= 15 is 0 Å². The highest BCUT2D eigenvalue weighted by molar-refractivity contribution is 5.79. The molecule has 7 heteroatoms. The molecule has 3 rings (SSSR count). The van der Waals surface area contributed by atoms with Crippen LogP contribution in [0.5, 0.6) is 0 Å². The van der Waals surface area contributed by atoms with Crippen molar-refractivity contribution in [1.82, 2.24) is 15.0 Å². The molecule has 7 nitrogen and oxygen atoms in total. The van der Waals surface area contributed by atoms with Gasteiger partial charge in [-0.2, -0.15) is 0 Å². The fraction of sp³-hybridized carbons (Fsp3) is 0.533. The van der Waals surface area contributed by atoms with Gasteiger partial charge in [0.1, 0.15) is 5.82 Å². The lowest BCUT2D eigenvalue weighted by atomic mass is 10.3. The molecule has 22 heavy (non-hydrogen) atoms. The Morgan fingerprint density at radius 3 is 2.36 bits per heavy atom. The summed E-state index contributed by atoms with van der Waals surface area (Å²) in [5.41, 5.74) is -0.472. The van der Waals surface area contributed by atoms with Gasteiger partial charge in [0.2, 0.25) is 0 Å². The summed E-state index contributed by atoms with van der Waals surface area (Å²) in [6.07, 6.45) is 1.51. The van der Waals surface area contributed by atoms with Crippen molar-refractivity contribution in [1.29, 1.82) is 0 Å². The average molecular weight is 308 g/mol. The Morgan fingerprint density at radius 1 is 1.09 bits per heavy atom. The van der Waals surface area contributed by atoms with Gasteiger partial charge in [-0.15, -0.1) is 0 Å². The zero-order valence-electron chi connectivity index (χ0n) is 13.6. The second-order valence-corrected chi connectivity index (χ2v) is 4.10. The third-order valence-corrected chi connectivity index (χ3v) is 2.94. The maximum Gasteiger partial charge on any atom is 0.326 e. The number of nitrogens with zero attached hydrogens (tertiary/aromatic N) is 2. The first kappa shape index (κ1) is 17.9. The number of fused-ring (bicyclic) bond motifs is 1. The van der Waals surface area contributed by atoms with Crippen LogP contribution in [0.15, 0.2) is 21.9 Å². The molecule has 0 spiro atoms. The summed E-state index contributed by atoms with van der Waals surface area (Å²) < 4.78 is 5.26. The number of aromatic amines is 2. The fourth-order valence-corrected chi connectivity index (χ4v) is 2.02. The molecule has 2 aromatic heterocycles. The molecule has 2 aromatic rings. The number of aromatic nitrogens is 3. The molecule has 1 saturated heterocycles. The van der Waals surface area contributed by atoms with Crippen molar-refractivity contribution in [3.05, 3.63) is 33.1 Å². The van der Waals surface area contributed by atoms with Crippen molar-refractivity contribution in [2.75, 3.05) is 31.2 Å². The Balaban J connectivity index is 0.000000561. The van der Waals surface area contributed by atoms with Crippen molar-refractivity contribution < 1.29 is 4.74 Å². The van der Waals surface area contributed by atoms with Gasteiger partial charge < -0.3 is 14.6 Å². The standard InChI is InChI=1S/C11H12N4O3.2C2H6/c16-10-7-5-9(15-1-3-18-4-2-15)12-6-8(7)13-11(17)14-10;2*1-2/h5-6H,1-4H2,(H2,13,14,16,17);2*1-2H3. The van der Waals surface area contributed by atoms with E-state index in [-0.39, 0.29) is 0 Å². The first-order valence-electron chi connectivity index (χ1n) is 7.69. The Labute approximate surface area is 129 Å². The summed E-state index contributed by atoms with van der Waals surface area (Å²) in [4.78, 5) is 33.9. The van der Waals surface area contributed by atoms with Gasteiger partial charge in [-0.3, -0.25) is 9.78 Å². The highest BCUT2D eigenvalue weighted by atomic mass is 16.5. The van der Waals surface area contributed by atoms with Gasteiger partial charge >= 0.3 is 5.69 Å². The smallest absolute Gasteiger partial charge is 0.326 e. The normalized spacial score (nSPS) is 13.7. The molecule has 1 aliphatic heterocycles. The number of anilines is 1. The molecule has 2 N–H and O–H groups in total. The topological polar surface area (TPSA) is 91.1 Å². The lowest BCUT2D eigenvalue weighted by molar-refractivity contribution is 0.122. The van der Waals surface area contributed by atoms with Crippen LogP contribution in [-0.4, -0.2) is 41.3 Å². The highest BCUT2D eigenvalue weighted by Gasteiger charge is 2.13. The van der Waals surface area contributed by atoms with Crippen LogP contribution in [0.2, 0.25) is 0 Å². The maximum atomic E-state index is 11.7. The van der Waals surface area contributed by atoms with E-state index in [1.807, 2.05) is 32.6 Å². The Kier molecular flexibility index (Phi) is 7.31. The SMILES string of the molecule is CC.CC.O=c1[nH]c(=O)c2cc(N3CCOCC3)ncc2[nH]1. The second-order valence-electron chi connectivity index (χ2n) is 4.10. The third kappa shape index (κ3) is 4.17. The molecule has 0 saturated carbocycles. The minimum absolute atomic E-state index is 0.398. The summed E-state index contributed by atoms with van der Waals surface area (Å²) in [5.74, 6) is 0.725. The summed E-state index contributed by atoms with van der Waals surface area (Å²) in [5, 5.41) is 0.436. The van der Waals surface area contributed by atoms with Crippen molar-refractivity contribution in [3.8, 4) is 0 Å². The molecular weight excluding hydrogens is 284 g/mol. The van der Waals surface area contributed by atoms with Gasteiger partial charge in [0, 0.05) is 13.1 Å². The van der Waals surface area contributed by atoms with Crippen LogP contribution >= 0.6 is 0 Å². The van der Waals surface area contributed by atoms with E-state index < -0.39 is 11.2 Å². The van der Waals surface area contributed by atoms with Crippen LogP contribution in [0, 0.1) is 0 Å². The average Bonchev–Trinajstić information content (AvgIpc) is 2.59. The Hall–Kier alpha value is -2.15. The molecule has 0 bridgehead atoms. The number of H-pyrrole nitrogens is 2. The van der Waals surface area contributed by atoms with Crippen LogP contribution in [0.3, 0.4) is 0 Å². The molecule has 1 fully saturated rings. The third-order valence-electron chi connectivity index (χ3n) is 2.94. The zero-order chi connectivity index (χ0) is 16.5. The van der Waals surface area contributed by atoms with E-state index in [0.29, 0.717) is 24.1 Å². The van der Waals surface area contributed by atoms with Gasteiger partial charge in [-0.25, -0.2) is 9.78 Å². The molecule has 0 aromatic carbocycles. The number of ether oxygens (including phenoxy) is 1. The molecular formula is C15H24N4O3. The molecule has 0 amide bonds. The molecule has 0 atom stereocenters. The van der Waals surface area contributed by atoms with Crippen molar-refractivity contribution in [2.45, 2.75) is 27.7 Å². The van der Waals surface area contributed by atoms with Crippen molar-refractivity contribution in [2.24, 2.45) is 0 Å². The van der Waals surface area contributed by atoms with E-state index in [4.69, 9.17) is 4.74 Å². The van der Waals surface area contributed by atoms with Gasteiger partial charge in [-0.05, 0) is 6.07 Å². The molecule has 0 unspecified atom stereocenters. The minimum Gasteiger partial charge on any atom is -0.378 e. The monoisotopic (exact) mass is 308 g/mol. The number of nitrogens with one attached hydrogen (secondary N) is 2. The van der Waals surface area contributed by atoms with E-state index in [2.05, 4.69) is 15.0 Å². The van der Waals surface area contributed by atoms with E-state index in [1.165, 1.54) is 6.20 Å². The van der Waals surface area contributed by atoms with E-state index in [9.17, 15) is 9.59 Å². The fourth-order valence-electron chi connectivity index (χ4n) is 2.02. The number of hydrogen-bond acceptors (Lipinski definition) is 5. The Morgan fingerprint density at radius 2 is 1.73 bits per heavy atom.